The van der Waals surface area contributed by atoms with Crippen molar-refractivity contribution in [1.29, 1.82) is 0 Å². The van der Waals surface area contributed by atoms with Crippen molar-refractivity contribution in [1.82, 2.24) is 24.5 Å². The number of anilines is 11. The van der Waals surface area contributed by atoms with Crippen LogP contribution in [0.5, 0.6) is 5.75 Å². The molecule has 6 amide bonds. The Balaban J connectivity index is 0.000000118. The number of pyridine rings is 1. The van der Waals surface area contributed by atoms with Gasteiger partial charge in [-0.2, -0.15) is 10.2 Å². The number of Topliss-reactive ketones (excluding diaryl/α,β-unsaturated/α-hetero) is 1. The van der Waals surface area contributed by atoms with Gasteiger partial charge in [0, 0.05) is 140 Å². The molecule has 0 aliphatic carbocycles. The number of hydrogen-bond donors (Lipinski definition) is 10. The molecule has 19 rings (SSSR count). The number of para-hydroxylation sites is 5. The summed E-state index contributed by atoms with van der Waals surface area (Å²) in [6.45, 7) is 17.5. The Kier molecular flexibility index (Phi) is 24.1. The molecule has 1 unspecified atom stereocenters. The lowest BCUT2D eigenvalue weighted by Gasteiger charge is -2.18. The summed E-state index contributed by atoms with van der Waals surface area (Å²) in [7, 11) is 3.72. The lowest BCUT2D eigenvalue weighted by Crippen LogP contribution is -2.33. The Morgan fingerprint density at radius 2 is 1.02 bits per heavy atom. The van der Waals surface area contributed by atoms with Crippen molar-refractivity contribution in [3.05, 3.63) is 257 Å². The van der Waals surface area contributed by atoms with Crippen LogP contribution in [0.15, 0.2) is 213 Å². The van der Waals surface area contributed by atoms with Gasteiger partial charge in [0.1, 0.15) is 5.75 Å². The molecule has 0 radical (unpaired) electrons. The van der Waals surface area contributed by atoms with E-state index >= 15 is 0 Å². The van der Waals surface area contributed by atoms with Crippen LogP contribution in [0, 0.1) is 6.92 Å². The van der Waals surface area contributed by atoms with E-state index in [2.05, 4.69) is 119 Å². The van der Waals surface area contributed by atoms with Crippen LogP contribution in [-0.2, 0) is 60.6 Å². The highest BCUT2D eigenvalue weighted by Gasteiger charge is 2.42. The molecule has 0 fully saturated rings. The maximum Gasteiger partial charge on any atom is 0.236 e. The molecule has 24 nitrogen and oxygen atoms in total. The highest BCUT2D eigenvalue weighted by Crippen LogP contribution is 2.46. The number of nitrogens with one attached hydrogen (secondary N) is 10. The van der Waals surface area contributed by atoms with Gasteiger partial charge in [-0.15, -0.1) is 0 Å². The number of amides is 6. The molecule has 12 aromatic rings. The number of ketones is 1. The quantitative estimate of drug-likeness (QED) is 0.0569. The van der Waals surface area contributed by atoms with Crippen molar-refractivity contribution in [2.45, 2.75) is 143 Å². The highest BCUT2D eigenvalue weighted by molar-refractivity contribution is 6.11. The number of aromatic nitrogens is 5. The van der Waals surface area contributed by atoms with E-state index in [0.29, 0.717) is 49.0 Å². The molecule has 5 atom stereocenters. The van der Waals surface area contributed by atoms with Gasteiger partial charge in [0.15, 0.2) is 5.78 Å². The SMILES string of the molecule is CC1CC(=O)Nc2cccc(C(=O)Cc3nccc4ccccc34)c2N1.C[C@@H]1CC(=O)Nc2cccc(-c3ccc4c(c3)CCO4)c2N1.C[C@@H]1CC(=O)Nc2cccc(-c3ccc4c(c3)N(C)C(=O)C4(C)C)c2N1.C[C@@H]1CC(=O)Nc2cccc(/C=C/c3cnn(C)c3)c2N1.Cc1cc(-c2cccc3c2N[C@H](C)CC(=O)N3)nn1Cc1ccccc1. The van der Waals surface area contributed by atoms with Crippen LogP contribution in [-0.4, -0.2) is 110 Å². The first-order chi connectivity index (χ1) is 58.3. The van der Waals surface area contributed by atoms with E-state index in [0.717, 1.165) is 149 Å². The minimum absolute atomic E-state index is 0.0157. The van der Waals surface area contributed by atoms with E-state index in [1.54, 1.807) is 27.9 Å². The summed E-state index contributed by atoms with van der Waals surface area (Å²) < 4.78 is 9.37. The van der Waals surface area contributed by atoms with Gasteiger partial charge in [0.05, 0.1) is 99.4 Å². The summed E-state index contributed by atoms with van der Waals surface area (Å²) >= 11 is 0. The largest absolute Gasteiger partial charge is 0.493 e. The zero-order valence-corrected chi connectivity index (χ0v) is 69.6. The Bertz CT molecular complexity index is 6020. The normalized spacial score (nSPS) is 18.1. The van der Waals surface area contributed by atoms with Gasteiger partial charge < -0.3 is 62.8 Å². The molecular weight excluding hydrogens is 1520 g/mol. The number of fused-ring (bicyclic) bond motifs is 8. The number of aryl methyl sites for hydroxylation is 2. The first-order valence-electron chi connectivity index (χ1n) is 41.1. The number of carbonyl (C=O) groups excluding carboxylic acids is 7. The molecule has 10 heterocycles. The summed E-state index contributed by atoms with van der Waals surface area (Å²) in [4.78, 5) is 91.3. The Labute approximate surface area is 703 Å². The number of benzene rings is 9. The van der Waals surface area contributed by atoms with E-state index in [-0.39, 0.29) is 77.9 Å². The average Bonchev–Trinajstić information content (AvgIpc) is 1.59. The average molecular weight is 1620 g/mol. The summed E-state index contributed by atoms with van der Waals surface area (Å²) in [5.41, 5.74) is 23.2. The van der Waals surface area contributed by atoms with Crippen LogP contribution in [0.4, 0.5) is 62.6 Å². The second kappa shape index (κ2) is 35.6. The molecule has 3 aromatic heterocycles. The molecule has 0 bridgehead atoms. The number of hydrogen-bond acceptors (Lipinski definition) is 16. The number of ether oxygens (including phenoxy) is 1. The van der Waals surface area contributed by atoms with Gasteiger partial charge in [-0.05, 0) is 161 Å². The minimum Gasteiger partial charge on any atom is -0.493 e. The van der Waals surface area contributed by atoms with E-state index in [9.17, 15) is 33.6 Å². The summed E-state index contributed by atoms with van der Waals surface area (Å²) in [5, 5.41) is 42.9. The fourth-order valence-electron chi connectivity index (χ4n) is 16.4. The Morgan fingerprint density at radius 3 is 1.61 bits per heavy atom. The number of carbonyl (C=O) groups is 7. The van der Waals surface area contributed by atoms with Crippen LogP contribution in [0.1, 0.15) is 130 Å². The van der Waals surface area contributed by atoms with Crippen molar-refractivity contribution in [2.75, 3.05) is 71.7 Å². The fourth-order valence-corrected chi connectivity index (χ4v) is 16.4. The highest BCUT2D eigenvalue weighted by atomic mass is 16.5. The van der Waals surface area contributed by atoms with Gasteiger partial charge in [-0.3, -0.25) is 47.9 Å². The number of rotatable bonds is 10. The van der Waals surface area contributed by atoms with Crippen LogP contribution in [0.3, 0.4) is 0 Å². The lowest BCUT2D eigenvalue weighted by molar-refractivity contribution is -0.122. The van der Waals surface area contributed by atoms with Crippen molar-refractivity contribution in [3.63, 3.8) is 0 Å². The standard InChI is InChI=1S/C21H22N4O.C21H23N3O2.C21H19N3O2.C18H18N2O2.C16H18N4O/c1-14-11-20(26)23-18-10-6-9-17(21(18)22-14)19-12-15(2)25(24-19)13-16-7-4-3-5-8-16;1-12-10-18(25)23-16-7-5-6-14(19(16)22-12)13-8-9-15-17(11-13)24(4)20(26)21(15,2)3;1-13-11-20(26)24-17-8-4-7-16(21(17)23-13)19(25)12-18-15-6-3-2-5-14(15)9-10-22-18;1-11-9-17(21)20-15-4-2-3-14(18(15)19-11)12-5-6-16-13(10-12)7-8-22-16;1-11-8-15(21)19-14-5-3-4-13(16(14)18-11)7-6-12-9-17-20(2)10-12/h3-10,12,14,22H,11,13H2,1-2H3,(H,23,26);5-9,11-12,22H,10H2,1-4H3,(H,23,25);2-10,13,23H,11-12H2,1H3,(H,24,26);2-6,10-11,19H,7-9H2,1H3,(H,20,21);3-7,9-11,18H,8H2,1-2H3,(H,19,21)/b;;;;7-6+/t14-;12-;;2*11-/m11.11/s1. The number of nitrogens with zero attached hydrogens (tertiary/aromatic N) is 6. The second-order valence-electron chi connectivity index (χ2n) is 32.5. The van der Waals surface area contributed by atoms with Crippen LogP contribution < -0.4 is 62.8 Å². The maximum atomic E-state index is 13.0. The zero-order valence-electron chi connectivity index (χ0n) is 69.6. The van der Waals surface area contributed by atoms with Gasteiger partial charge in [-0.25, -0.2) is 0 Å². The van der Waals surface area contributed by atoms with Gasteiger partial charge >= 0.3 is 0 Å². The summed E-state index contributed by atoms with van der Waals surface area (Å²) in [6, 6.07) is 64.2. The van der Waals surface area contributed by atoms with E-state index in [4.69, 9.17) is 9.84 Å². The molecule has 7 aliphatic rings. The van der Waals surface area contributed by atoms with Crippen LogP contribution >= 0.6 is 0 Å². The first kappa shape index (κ1) is 82.0. The molecule has 7 aliphatic heterocycles. The third-order valence-electron chi connectivity index (χ3n) is 22.3. The topological polar surface area (TPSA) is 301 Å². The minimum atomic E-state index is -0.503. The second-order valence-corrected chi connectivity index (χ2v) is 32.5. The molecule has 0 spiro atoms. The molecule has 616 valence electrons. The molecule has 121 heavy (non-hydrogen) atoms. The third-order valence-corrected chi connectivity index (χ3v) is 22.3. The zero-order chi connectivity index (χ0) is 84.8. The monoisotopic (exact) mass is 1620 g/mol. The predicted molar refractivity (Wildman–Crippen MR) is 484 cm³/mol. The Morgan fingerprint density at radius 1 is 0.521 bits per heavy atom. The van der Waals surface area contributed by atoms with E-state index < -0.39 is 5.41 Å². The van der Waals surface area contributed by atoms with Crippen molar-refractivity contribution >= 4 is 127 Å². The van der Waals surface area contributed by atoms with Crippen molar-refractivity contribution < 1.29 is 38.3 Å². The molecule has 9 aromatic carbocycles. The fraction of sp³-hybridized carbons (Fsp3) is 0.258. The predicted octanol–water partition coefficient (Wildman–Crippen LogP) is 17.8. The molecule has 24 heteroatoms. The van der Waals surface area contributed by atoms with Crippen molar-refractivity contribution in [3.8, 4) is 39.3 Å². The molecule has 0 saturated carbocycles. The summed E-state index contributed by atoms with van der Waals surface area (Å²) in [6.07, 6.45) is 12.9. The first-order valence-corrected chi connectivity index (χ1v) is 41.1. The van der Waals surface area contributed by atoms with E-state index in [1.165, 1.54) is 11.1 Å². The summed E-state index contributed by atoms with van der Waals surface area (Å²) in [5.74, 6) is 1.16. The van der Waals surface area contributed by atoms with Gasteiger partial charge in [0.25, 0.3) is 0 Å². The molecular formula is C97H100N16O8. The van der Waals surface area contributed by atoms with E-state index in [1.807, 2.05) is 225 Å². The third kappa shape index (κ3) is 18.7. The lowest BCUT2D eigenvalue weighted by atomic mass is 9.85. The smallest absolute Gasteiger partial charge is 0.236 e. The van der Waals surface area contributed by atoms with Crippen LogP contribution in [0.25, 0.3) is 56.4 Å². The Hall–Kier alpha value is -14.2. The van der Waals surface area contributed by atoms with Crippen LogP contribution in [0.2, 0.25) is 0 Å². The van der Waals surface area contributed by atoms with Gasteiger partial charge in [0.2, 0.25) is 35.4 Å². The molecule has 10 N–H and O–H groups in total. The molecule has 0 saturated heterocycles. The van der Waals surface area contributed by atoms with Crippen molar-refractivity contribution in [2.24, 2.45) is 7.05 Å². The number of likely N-dealkylation sites (N-methyl/N-ethyl adjacent to an activating group) is 1. The maximum absolute atomic E-state index is 13.0. The van der Waals surface area contributed by atoms with Gasteiger partial charge in [-0.1, -0.05) is 140 Å².